The van der Waals surface area contributed by atoms with E-state index in [4.69, 9.17) is 16.3 Å². The van der Waals surface area contributed by atoms with Gasteiger partial charge in [-0.15, -0.1) is 0 Å². The SMILES string of the molecule is O=C1C(=O)N(CCCN2CCOCC2)C(c2ccccn2)/C1=C(\O)c1ccc(Cl)cc1. The number of aliphatic hydroxyl groups excluding tert-OH is 1. The zero-order valence-electron chi connectivity index (χ0n) is 17.0. The smallest absolute Gasteiger partial charge is 0.295 e. The van der Waals surface area contributed by atoms with Gasteiger partial charge < -0.3 is 14.7 Å². The Morgan fingerprint density at radius 1 is 1.10 bits per heavy atom. The van der Waals surface area contributed by atoms with Crippen molar-refractivity contribution in [2.24, 2.45) is 0 Å². The van der Waals surface area contributed by atoms with E-state index in [1.54, 1.807) is 48.7 Å². The molecule has 1 aromatic heterocycles. The lowest BCUT2D eigenvalue weighted by Crippen LogP contribution is -2.39. The molecule has 3 heterocycles. The van der Waals surface area contributed by atoms with Crippen LogP contribution >= 0.6 is 11.6 Å². The standard InChI is InChI=1S/C23H24ClN3O4/c24-17-7-5-16(6-8-17)21(28)19-20(18-4-1-2-9-25-18)27(23(30)22(19)29)11-3-10-26-12-14-31-15-13-26/h1-2,4-9,20,28H,3,10-15H2/b21-19+. The Labute approximate surface area is 185 Å². The number of morpholine rings is 1. The van der Waals surface area contributed by atoms with Crippen molar-refractivity contribution in [2.75, 3.05) is 39.4 Å². The summed E-state index contributed by atoms with van der Waals surface area (Å²) < 4.78 is 5.37. The lowest BCUT2D eigenvalue weighted by atomic mass is 9.98. The van der Waals surface area contributed by atoms with E-state index in [2.05, 4.69) is 9.88 Å². The number of benzene rings is 1. The number of carbonyl (C=O) groups excluding carboxylic acids is 2. The Kier molecular flexibility index (Phi) is 6.65. The number of halogens is 1. The minimum atomic E-state index is -0.735. The molecule has 2 aliphatic rings. The molecule has 31 heavy (non-hydrogen) atoms. The molecule has 2 aliphatic heterocycles. The van der Waals surface area contributed by atoms with Gasteiger partial charge in [-0.1, -0.05) is 17.7 Å². The zero-order valence-corrected chi connectivity index (χ0v) is 17.8. The minimum absolute atomic E-state index is 0.0531. The van der Waals surface area contributed by atoms with Crippen LogP contribution in [0.5, 0.6) is 0 Å². The topological polar surface area (TPSA) is 83.0 Å². The highest BCUT2D eigenvalue weighted by Crippen LogP contribution is 2.38. The molecule has 2 aromatic rings. The van der Waals surface area contributed by atoms with Gasteiger partial charge in [0.25, 0.3) is 11.7 Å². The number of hydrogen-bond donors (Lipinski definition) is 1. The summed E-state index contributed by atoms with van der Waals surface area (Å²) in [6.07, 6.45) is 2.32. The summed E-state index contributed by atoms with van der Waals surface area (Å²) in [5.41, 5.74) is 1.03. The van der Waals surface area contributed by atoms with Gasteiger partial charge in [0.15, 0.2) is 0 Å². The molecule has 1 N–H and O–H groups in total. The molecule has 7 nitrogen and oxygen atoms in total. The number of ketones is 1. The van der Waals surface area contributed by atoms with Crippen molar-refractivity contribution < 1.29 is 19.4 Å². The molecule has 0 radical (unpaired) electrons. The number of likely N-dealkylation sites (tertiary alicyclic amines) is 1. The average Bonchev–Trinajstić information content (AvgIpc) is 3.05. The summed E-state index contributed by atoms with van der Waals surface area (Å²) in [6.45, 7) is 4.33. The van der Waals surface area contributed by atoms with E-state index in [1.807, 2.05) is 0 Å². The Morgan fingerprint density at radius 2 is 1.84 bits per heavy atom. The van der Waals surface area contributed by atoms with Crippen LogP contribution in [0.4, 0.5) is 0 Å². The zero-order chi connectivity index (χ0) is 21.8. The van der Waals surface area contributed by atoms with Crippen molar-refractivity contribution >= 4 is 29.1 Å². The molecule has 1 atom stereocenters. The largest absolute Gasteiger partial charge is 0.507 e. The monoisotopic (exact) mass is 441 g/mol. The fourth-order valence-electron chi connectivity index (χ4n) is 4.01. The van der Waals surface area contributed by atoms with Gasteiger partial charge in [0.2, 0.25) is 0 Å². The highest BCUT2D eigenvalue weighted by molar-refractivity contribution is 6.46. The number of hydrogen-bond acceptors (Lipinski definition) is 6. The first-order valence-electron chi connectivity index (χ1n) is 10.3. The van der Waals surface area contributed by atoms with E-state index in [-0.39, 0.29) is 11.3 Å². The molecule has 8 heteroatoms. The second kappa shape index (κ2) is 9.60. The molecule has 4 rings (SSSR count). The molecule has 0 aliphatic carbocycles. The normalized spacial score (nSPS) is 21.6. The Hall–Kier alpha value is -2.74. The molecule has 162 valence electrons. The van der Waals surface area contributed by atoms with E-state index in [0.29, 0.717) is 42.5 Å². The summed E-state index contributed by atoms with van der Waals surface area (Å²) in [4.78, 5) is 34.1. The van der Waals surface area contributed by atoms with Crippen LogP contribution in [0.3, 0.4) is 0 Å². The van der Waals surface area contributed by atoms with Gasteiger partial charge in [0.1, 0.15) is 11.8 Å². The maximum absolute atomic E-state index is 13.0. The van der Waals surface area contributed by atoms with Crippen LogP contribution in [0.25, 0.3) is 5.76 Å². The Morgan fingerprint density at radius 3 is 2.52 bits per heavy atom. The van der Waals surface area contributed by atoms with Gasteiger partial charge in [-0.25, -0.2) is 0 Å². The fraction of sp³-hybridized carbons (Fsp3) is 0.348. The summed E-state index contributed by atoms with van der Waals surface area (Å²) >= 11 is 5.95. The summed E-state index contributed by atoms with van der Waals surface area (Å²) in [5.74, 6) is -1.54. The Balaban J connectivity index is 1.64. The number of ether oxygens (including phenoxy) is 1. The number of pyridine rings is 1. The molecular formula is C23H24ClN3O4. The van der Waals surface area contributed by atoms with E-state index in [1.165, 1.54) is 4.90 Å². The Bertz CT molecular complexity index is 972. The first-order valence-corrected chi connectivity index (χ1v) is 10.7. The third kappa shape index (κ3) is 4.63. The van der Waals surface area contributed by atoms with Gasteiger partial charge in [-0.3, -0.25) is 19.5 Å². The number of Topliss-reactive ketones (excluding diaryl/α,β-unsaturated/α-hetero) is 1. The lowest BCUT2D eigenvalue weighted by molar-refractivity contribution is -0.140. The van der Waals surface area contributed by atoms with Gasteiger partial charge >= 0.3 is 0 Å². The molecule has 0 bridgehead atoms. The second-order valence-electron chi connectivity index (χ2n) is 7.56. The molecule has 0 saturated carbocycles. The highest BCUT2D eigenvalue weighted by Gasteiger charge is 2.46. The number of aromatic nitrogens is 1. The van der Waals surface area contributed by atoms with Gasteiger partial charge in [-0.2, -0.15) is 0 Å². The van der Waals surface area contributed by atoms with E-state index in [0.717, 1.165) is 19.6 Å². The first kappa shape index (κ1) is 21.5. The molecule has 0 spiro atoms. The fourth-order valence-corrected chi connectivity index (χ4v) is 4.13. The van der Waals surface area contributed by atoms with Crippen LogP contribution < -0.4 is 0 Å². The number of rotatable bonds is 6. The molecule has 1 amide bonds. The maximum atomic E-state index is 13.0. The third-order valence-electron chi connectivity index (χ3n) is 5.60. The van der Waals surface area contributed by atoms with Gasteiger partial charge in [-0.05, 0) is 42.8 Å². The number of amides is 1. The summed E-state index contributed by atoms with van der Waals surface area (Å²) in [7, 11) is 0. The van der Waals surface area contributed by atoms with E-state index in [9.17, 15) is 14.7 Å². The molecule has 1 unspecified atom stereocenters. The molecule has 2 fully saturated rings. The van der Waals surface area contributed by atoms with E-state index < -0.39 is 17.7 Å². The predicted octanol–water partition coefficient (Wildman–Crippen LogP) is 2.88. The highest BCUT2D eigenvalue weighted by atomic mass is 35.5. The van der Waals surface area contributed by atoms with Gasteiger partial charge in [0.05, 0.1) is 24.5 Å². The lowest BCUT2D eigenvalue weighted by Gasteiger charge is -2.28. The van der Waals surface area contributed by atoms with Crippen molar-refractivity contribution in [3.05, 3.63) is 70.5 Å². The number of carbonyl (C=O) groups is 2. The predicted molar refractivity (Wildman–Crippen MR) is 117 cm³/mol. The molecule has 1 aromatic carbocycles. The first-order chi connectivity index (χ1) is 15.1. The van der Waals surface area contributed by atoms with Crippen molar-refractivity contribution in [2.45, 2.75) is 12.5 Å². The average molecular weight is 442 g/mol. The van der Waals surface area contributed by atoms with Crippen molar-refractivity contribution in [1.29, 1.82) is 0 Å². The van der Waals surface area contributed by atoms with Crippen LogP contribution in [-0.2, 0) is 14.3 Å². The van der Waals surface area contributed by atoms with Crippen LogP contribution in [0, 0.1) is 0 Å². The third-order valence-corrected chi connectivity index (χ3v) is 5.85. The summed E-state index contributed by atoms with van der Waals surface area (Å²) in [6, 6.07) is 11.1. The van der Waals surface area contributed by atoms with Crippen molar-refractivity contribution in [3.8, 4) is 0 Å². The quantitative estimate of drug-likeness (QED) is 0.421. The van der Waals surface area contributed by atoms with Crippen LogP contribution in [0.1, 0.15) is 23.7 Å². The van der Waals surface area contributed by atoms with Gasteiger partial charge in [0, 0.05) is 43.0 Å². The van der Waals surface area contributed by atoms with Crippen molar-refractivity contribution in [1.82, 2.24) is 14.8 Å². The molecular weight excluding hydrogens is 418 g/mol. The maximum Gasteiger partial charge on any atom is 0.295 e. The van der Waals surface area contributed by atoms with Crippen LogP contribution in [-0.4, -0.2) is 71.0 Å². The minimum Gasteiger partial charge on any atom is -0.507 e. The number of nitrogens with zero attached hydrogens (tertiary/aromatic N) is 3. The summed E-state index contributed by atoms with van der Waals surface area (Å²) in [5, 5.41) is 11.5. The van der Waals surface area contributed by atoms with Crippen LogP contribution in [0.2, 0.25) is 5.02 Å². The molecule has 2 saturated heterocycles. The van der Waals surface area contributed by atoms with Crippen LogP contribution in [0.15, 0.2) is 54.2 Å². The number of aliphatic hydroxyl groups is 1. The van der Waals surface area contributed by atoms with Crippen molar-refractivity contribution in [3.63, 3.8) is 0 Å². The van der Waals surface area contributed by atoms with E-state index >= 15 is 0 Å². The second-order valence-corrected chi connectivity index (χ2v) is 8.00.